The van der Waals surface area contributed by atoms with E-state index in [-0.39, 0.29) is 24.8 Å². The molecule has 0 aromatic rings. The van der Waals surface area contributed by atoms with Crippen LogP contribution >= 0.6 is 24.8 Å². The second-order valence-corrected chi connectivity index (χ2v) is 2.28. The minimum Gasteiger partial charge on any atom is -0.466 e. The number of hydrogen-bond donors (Lipinski definition) is 2. The smallest absolute Gasteiger partial charge is 0.293 e. The van der Waals surface area contributed by atoms with Crippen molar-refractivity contribution in [2.75, 3.05) is 26.2 Å². The molecular formula is C6H14Cl2N2O2. The highest BCUT2D eigenvalue weighted by Gasteiger charge is 2.10. The van der Waals surface area contributed by atoms with Crippen LogP contribution in [0.3, 0.4) is 0 Å². The van der Waals surface area contributed by atoms with Gasteiger partial charge in [0.1, 0.15) is 6.61 Å². The van der Waals surface area contributed by atoms with Crippen LogP contribution in [0.4, 0.5) is 0 Å². The van der Waals surface area contributed by atoms with Crippen LogP contribution in [0.5, 0.6) is 0 Å². The maximum absolute atomic E-state index is 9.78. The second kappa shape index (κ2) is 9.06. The molecule has 1 rings (SSSR count). The highest BCUT2D eigenvalue weighted by Crippen LogP contribution is 1.86. The van der Waals surface area contributed by atoms with Gasteiger partial charge in [-0.05, 0) is 0 Å². The molecule has 0 saturated carbocycles. The van der Waals surface area contributed by atoms with Crippen LogP contribution in [0.25, 0.3) is 0 Å². The number of hydrogen-bond acceptors (Lipinski definition) is 4. The van der Waals surface area contributed by atoms with Crippen molar-refractivity contribution >= 4 is 31.3 Å². The molecule has 0 aliphatic carbocycles. The van der Waals surface area contributed by atoms with E-state index in [9.17, 15) is 4.79 Å². The highest BCUT2D eigenvalue weighted by molar-refractivity contribution is 5.85. The van der Waals surface area contributed by atoms with E-state index in [0.29, 0.717) is 19.1 Å². The van der Waals surface area contributed by atoms with Gasteiger partial charge in [0.2, 0.25) is 0 Å². The fraction of sp³-hybridized carbons (Fsp3) is 0.833. The molecule has 0 aromatic heterocycles. The van der Waals surface area contributed by atoms with Crippen LogP contribution in [0.2, 0.25) is 0 Å². The zero-order chi connectivity index (χ0) is 7.23. The van der Waals surface area contributed by atoms with Gasteiger partial charge in [-0.2, -0.15) is 0 Å². The lowest BCUT2D eigenvalue weighted by atomic mass is 10.2. The topological polar surface area (TPSA) is 50.4 Å². The Kier molecular flexibility index (Phi) is 10.9. The fourth-order valence-corrected chi connectivity index (χ4v) is 0.986. The zero-order valence-electron chi connectivity index (χ0n) is 6.62. The van der Waals surface area contributed by atoms with Crippen LogP contribution in [-0.4, -0.2) is 38.8 Å². The molecule has 1 aliphatic heterocycles. The monoisotopic (exact) mass is 216 g/mol. The van der Waals surface area contributed by atoms with E-state index in [0.717, 1.165) is 19.6 Å². The SMILES string of the molecule is Cl.Cl.O=COCC1CNCCN1. The van der Waals surface area contributed by atoms with Crippen molar-refractivity contribution in [2.24, 2.45) is 0 Å². The van der Waals surface area contributed by atoms with Crippen molar-refractivity contribution in [1.29, 1.82) is 0 Å². The molecule has 4 nitrogen and oxygen atoms in total. The van der Waals surface area contributed by atoms with Crippen molar-refractivity contribution in [2.45, 2.75) is 6.04 Å². The average molecular weight is 217 g/mol. The van der Waals surface area contributed by atoms with Crippen molar-refractivity contribution < 1.29 is 9.53 Å². The van der Waals surface area contributed by atoms with E-state index < -0.39 is 0 Å². The molecule has 1 fully saturated rings. The number of carbonyl (C=O) groups excluding carboxylic acids is 1. The van der Waals surface area contributed by atoms with Crippen molar-refractivity contribution in [3.05, 3.63) is 0 Å². The summed E-state index contributed by atoms with van der Waals surface area (Å²) in [5.41, 5.74) is 0. The molecule has 74 valence electrons. The molecule has 1 atom stereocenters. The molecule has 0 aromatic carbocycles. The molecular weight excluding hydrogens is 203 g/mol. The molecule has 0 spiro atoms. The second-order valence-electron chi connectivity index (χ2n) is 2.28. The van der Waals surface area contributed by atoms with Crippen LogP contribution in [0.1, 0.15) is 0 Å². The van der Waals surface area contributed by atoms with Crippen LogP contribution < -0.4 is 10.6 Å². The standard InChI is InChI=1S/C6H12N2O2.2ClH/c9-5-10-4-6-3-7-1-2-8-6;;/h5-8H,1-4H2;2*1H. The Hall–Kier alpha value is -0.0300. The summed E-state index contributed by atoms with van der Waals surface area (Å²) in [6.07, 6.45) is 0. The summed E-state index contributed by atoms with van der Waals surface area (Å²) in [7, 11) is 0. The number of nitrogens with one attached hydrogen (secondary N) is 2. The number of rotatable bonds is 3. The van der Waals surface area contributed by atoms with E-state index in [4.69, 9.17) is 0 Å². The van der Waals surface area contributed by atoms with E-state index in [1.807, 2.05) is 0 Å². The van der Waals surface area contributed by atoms with Gasteiger partial charge >= 0.3 is 0 Å². The predicted molar refractivity (Wildman–Crippen MR) is 51.2 cm³/mol. The first kappa shape index (κ1) is 14.5. The molecule has 1 heterocycles. The third-order valence-corrected chi connectivity index (χ3v) is 1.49. The number of ether oxygens (including phenoxy) is 1. The molecule has 1 unspecified atom stereocenters. The van der Waals surface area contributed by atoms with E-state index in [1.165, 1.54) is 0 Å². The Morgan fingerprint density at radius 1 is 1.42 bits per heavy atom. The van der Waals surface area contributed by atoms with Gasteiger partial charge in [-0.1, -0.05) is 0 Å². The molecule has 2 N–H and O–H groups in total. The van der Waals surface area contributed by atoms with Gasteiger partial charge in [0.05, 0.1) is 6.04 Å². The van der Waals surface area contributed by atoms with Crippen LogP contribution in [-0.2, 0) is 9.53 Å². The molecule has 12 heavy (non-hydrogen) atoms. The maximum Gasteiger partial charge on any atom is 0.293 e. The third-order valence-electron chi connectivity index (χ3n) is 1.49. The van der Waals surface area contributed by atoms with Gasteiger partial charge in [0, 0.05) is 19.6 Å². The van der Waals surface area contributed by atoms with Crippen LogP contribution in [0.15, 0.2) is 0 Å². The first-order chi connectivity index (χ1) is 4.93. The number of halogens is 2. The lowest BCUT2D eigenvalue weighted by molar-refractivity contribution is -0.129. The summed E-state index contributed by atoms with van der Waals surface area (Å²) in [5, 5.41) is 6.39. The predicted octanol–water partition coefficient (Wildman–Crippen LogP) is -0.436. The minimum absolute atomic E-state index is 0. The Morgan fingerprint density at radius 3 is 2.67 bits per heavy atom. The third kappa shape index (κ3) is 5.60. The first-order valence-corrected chi connectivity index (χ1v) is 3.43. The highest BCUT2D eigenvalue weighted by atomic mass is 35.5. The van der Waals surface area contributed by atoms with Gasteiger partial charge in [-0.25, -0.2) is 0 Å². The van der Waals surface area contributed by atoms with Gasteiger partial charge in [0.25, 0.3) is 6.47 Å². The molecule has 0 bridgehead atoms. The summed E-state index contributed by atoms with van der Waals surface area (Å²) < 4.78 is 4.59. The van der Waals surface area contributed by atoms with E-state index in [1.54, 1.807) is 0 Å². The Bertz CT molecular complexity index is 110. The Morgan fingerprint density at radius 2 is 2.17 bits per heavy atom. The van der Waals surface area contributed by atoms with Gasteiger partial charge in [0.15, 0.2) is 0 Å². The average Bonchev–Trinajstić information content (AvgIpc) is 2.03. The Labute approximate surface area is 84.2 Å². The molecule has 1 saturated heterocycles. The van der Waals surface area contributed by atoms with Crippen molar-refractivity contribution in [1.82, 2.24) is 10.6 Å². The minimum atomic E-state index is 0. The lowest BCUT2D eigenvalue weighted by Gasteiger charge is -2.23. The normalized spacial score (nSPS) is 21.5. The van der Waals surface area contributed by atoms with Gasteiger partial charge in [-0.3, -0.25) is 4.79 Å². The van der Waals surface area contributed by atoms with E-state index in [2.05, 4.69) is 15.4 Å². The molecule has 0 amide bonds. The molecule has 0 radical (unpaired) electrons. The summed E-state index contributed by atoms with van der Waals surface area (Å²) in [4.78, 5) is 9.78. The molecule has 6 heteroatoms. The van der Waals surface area contributed by atoms with Gasteiger partial charge < -0.3 is 15.4 Å². The summed E-state index contributed by atoms with van der Waals surface area (Å²) in [6.45, 7) is 3.78. The summed E-state index contributed by atoms with van der Waals surface area (Å²) >= 11 is 0. The Balaban J connectivity index is 0. The van der Waals surface area contributed by atoms with Gasteiger partial charge in [-0.15, -0.1) is 24.8 Å². The van der Waals surface area contributed by atoms with Crippen molar-refractivity contribution in [3.63, 3.8) is 0 Å². The summed E-state index contributed by atoms with van der Waals surface area (Å²) in [5.74, 6) is 0. The number of piperazine rings is 1. The zero-order valence-corrected chi connectivity index (χ0v) is 8.25. The van der Waals surface area contributed by atoms with Crippen LogP contribution in [0, 0.1) is 0 Å². The van der Waals surface area contributed by atoms with Crippen molar-refractivity contribution in [3.8, 4) is 0 Å². The quantitative estimate of drug-likeness (QED) is 0.629. The molecule has 1 aliphatic rings. The van der Waals surface area contributed by atoms with E-state index >= 15 is 0 Å². The number of carbonyl (C=O) groups is 1. The maximum atomic E-state index is 9.78. The summed E-state index contributed by atoms with van der Waals surface area (Å²) in [6, 6.07) is 0.291. The largest absolute Gasteiger partial charge is 0.466 e. The fourth-order valence-electron chi connectivity index (χ4n) is 0.986. The lowest BCUT2D eigenvalue weighted by Crippen LogP contribution is -2.50. The first-order valence-electron chi connectivity index (χ1n) is 3.43.